The van der Waals surface area contributed by atoms with Crippen molar-refractivity contribution in [3.05, 3.63) is 34.2 Å². The minimum atomic E-state index is 0.108. The lowest BCUT2D eigenvalue weighted by atomic mass is 10.1. The van der Waals surface area contributed by atoms with Crippen molar-refractivity contribution in [1.29, 1.82) is 0 Å². The molecule has 1 rings (SSSR count). The number of halogens is 1. The maximum absolute atomic E-state index is 11.6. The van der Waals surface area contributed by atoms with Gasteiger partial charge in [0.25, 0.3) is 5.56 Å². The van der Waals surface area contributed by atoms with Gasteiger partial charge >= 0.3 is 0 Å². The molecule has 0 aliphatic heterocycles. The van der Waals surface area contributed by atoms with Crippen molar-refractivity contribution < 1.29 is 0 Å². The van der Waals surface area contributed by atoms with Gasteiger partial charge in [0.2, 0.25) is 0 Å². The zero-order valence-electron chi connectivity index (χ0n) is 9.37. The maximum atomic E-state index is 11.6. The molecule has 0 saturated heterocycles. The van der Waals surface area contributed by atoms with Crippen LogP contribution in [0.4, 0.5) is 0 Å². The summed E-state index contributed by atoms with van der Waals surface area (Å²) in [5.41, 5.74) is 1.15. The van der Waals surface area contributed by atoms with Crippen LogP contribution < -0.4 is 5.56 Å². The predicted octanol–water partition coefficient (Wildman–Crippen LogP) is 2.97. The van der Waals surface area contributed by atoms with Gasteiger partial charge in [0.15, 0.2) is 0 Å². The van der Waals surface area contributed by atoms with Gasteiger partial charge in [-0.2, -0.15) is 0 Å². The van der Waals surface area contributed by atoms with Gasteiger partial charge in [0, 0.05) is 23.6 Å². The van der Waals surface area contributed by atoms with E-state index in [2.05, 4.69) is 22.9 Å². The van der Waals surface area contributed by atoms with E-state index in [9.17, 15) is 4.79 Å². The Labute approximate surface area is 99.4 Å². The van der Waals surface area contributed by atoms with Crippen molar-refractivity contribution in [2.45, 2.75) is 33.2 Å². The molecule has 0 radical (unpaired) electrons. The van der Waals surface area contributed by atoms with Crippen LogP contribution in [0.15, 0.2) is 23.0 Å². The predicted molar refractivity (Wildman–Crippen MR) is 67.6 cm³/mol. The summed E-state index contributed by atoms with van der Waals surface area (Å²) in [4.78, 5) is 11.6. The average molecular weight is 272 g/mol. The fourth-order valence-electron chi connectivity index (χ4n) is 1.74. The van der Waals surface area contributed by atoms with E-state index >= 15 is 0 Å². The van der Waals surface area contributed by atoms with E-state index in [1.54, 1.807) is 6.07 Å². The molecule has 1 unspecified atom stereocenters. The van der Waals surface area contributed by atoms with Crippen molar-refractivity contribution in [1.82, 2.24) is 4.57 Å². The Morgan fingerprint density at radius 3 is 2.73 bits per heavy atom. The third-order valence-electron chi connectivity index (χ3n) is 2.62. The fourth-order valence-corrected chi connectivity index (χ4v) is 2.27. The Morgan fingerprint density at radius 1 is 1.47 bits per heavy atom. The fraction of sp³-hybridized carbons (Fsp3) is 0.583. The monoisotopic (exact) mass is 271 g/mol. The van der Waals surface area contributed by atoms with Crippen LogP contribution in [0.3, 0.4) is 0 Å². The van der Waals surface area contributed by atoms with Crippen LogP contribution in [-0.2, 0) is 6.54 Å². The molecule has 1 heterocycles. The van der Waals surface area contributed by atoms with Gasteiger partial charge in [-0.25, -0.2) is 0 Å². The van der Waals surface area contributed by atoms with Crippen molar-refractivity contribution in [2.24, 2.45) is 5.92 Å². The Kier molecular flexibility index (Phi) is 5.09. The third kappa shape index (κ3) is 3.49. The third-order valence-corrected chi connectivity index (χ3v) is 3.54. The van der Waals surface area contributed by atoms with Crippen LogP contribution in [0.2, 0.25) is 0 Å². The zero-order valence-corrected chi connectivity index (χ0v) is 11.0. The molecule has 1 aromatic heterocycles. The molecular weight excluding hydrogens is 254 g/mol. The van der Waals surface area contributed by atoms with Gasteiger partial charge in [-0.1, -0.05) is 35.3 Å². The van der Waals surface area contributed by atoms with E-state index in [1.807, 2.05) is 23.6 Å². The van der Waals surface area contributed by atoms with Gasteiger partial charge in [-0.3, -0.25) is 4.79 Å². The lowest BCUT2D eigenvalue weighted by Gasteiger charge is -2.16. The first-order valence-corrected chi connectivity index (χ1v) is 6.53. The smallest absolute Gasteiger partial charge is 0.250 e. The summed E-state index contributed by atoms with van der Waals surface area (Å²) in [5, 5.41) is 0.960. The summed E-state index contributed by atoms with van der Waals surface area (Å²) in [6.07, 6.45) is 2.32. The number of pyridine rings is 1. The van der Waals surface area contributed by atoms with Crippen LogP contribution in [0.5, 0.6) is 0 Å². The topological polar surface area (TPSA) is 22.0 Å². The molecule has 0 amide bonds. The molecule has 2 nitrogen and oxygen atoms in total. The van der Waals surface area contributed by atoms with Gasteiger partial charge in [0.05, 0.1) is 0 Å². The quantitative estimate of drug-likeness (QED) is 0.755. The van der Waals surface area contributed by atoms with E-state index in [-0.39, 0.29) is 5.56 Å². The number of aryl methyl sites for hydroxylation is 1. The highest BCUT2D eigenvalue weighted by atomic mass is 79.9. The molecule has 0 aromatic carbocycles. The molecule has 0 fully saturated rings. The molecule has 0 aliphatic carbocycles. The van der Waals surface area contributed by atoms with Crippen molar-refractivity contribution in [3.8, 4) is 0 Å². The lowest BCUT2D eigenvalue weighted by Crippen LogP contribution is -2.25. The Hall–Kier alpha value is -0.570. The molecule has 15 heavy (non-hydrogen) atoms. The SMILES string of the molecule is CCCC(CBr)Cn1c(C)cccc1=O. The summed E-state index contributed by atoms with van der Waals surface area (Å²) in [7, 11) is 0. The molecule has 3 heteroatoms. The van der Waals surface area contributed by atoms with Gasteiger partial charge in [-0.15, -0.1) is 0 Å². The number of aromatic nitrogens is 1. The Bertz CT molecular complexity index is 359. The van der Waals surface area contributed by atoms with Crippen LogP contribution >= 0.6 is 15.9 Å². The number of hydrogen-bond donors (Lipinski definition) is 0. The van der Waals surface area contributed by atoms with E-state index < -0.39 is 0 Å². The normalized spacial score (nSPS) is 12.7. The van der Waals surface area contributed by atoms with Crippen LogP contribution in [0.1, 0.15) is 25.5 Å². The second-order valence-electron chi connectivity index (χ2n) is 3.93. The summed E-state index contributed by atoms with van der Waals surface area (Å²) < 4.78 is 1.86. The maximum Gasteiger partial charge on any atom is 0.250 e. The van der Waals surface area contributed by atoms with Crippen LogP contribution in [-0.4, -0.2) is 9.90 Å². The second kappa shape index (κ2) is 6.11. The Morgan fingerprint density at radius 2 is 2.20 bits per heavy atom. The van der Waals surface area contributed by atoms with Gasteiger partial charge in [0.1, 0.15) is 0 Å². The van der Waals surface area contributed by atoms with Gasteiger partial charge in [-0.05, 0) is 25.3 Å². The summed E-state index contributed by atoms with van der Waals surface area (Å²) in [5.74, 6) is 0.550. The van der Waals surface area contributed by atoms with Crippen molar-refractivity contribution in [3.63, 3.8) is 0 Å². The van der Waals surface area contributed by atoms with Crippen LogP contribution in [0.25, 0.3) is 0 Å². The molecular formula is C12H18BrNO. The van der Waals surface area contributed by atoms with E-state index in [4.69, 9.17) is 0 Å². The zero-order chi connectivity index (χ0) is 11.3. The second-order valence-corrected chi connectivity index (χ2v) is 4.57. The van der Waals surface area contributed by atoms with Gasteiger partial charge < -0.3 is 4.57 Å². The van der Waals surface area contributed by atoms with Crippen LogP contribution in [0, 0.1) is 12.8 Å². The molecule has 0 bridgehead atoms. The summed E-state index contributed by atoms with van der Waals surface area (Å²) in [6.45, 7) is 4.99. The number of nitrogens with zero attached hydrogens (tertiary/aromatic N) is 1. The van der Waals surface area contributed by atoms with E-state index in [0.717, 1.165) is 30.4 Å². The first kappa shape index (κ1) is 12.5. The minimum Gasteiger partial charge on any atom is -0.313 e. The van der Waals surface area contributed by atoms with E-state index in [1.165, 1.54) is 0 Å². The molecule has 84 valence electrons. The molecule has 0 aliphatic rings. The molecule has 1 atom stereocenters. The first-order valence-electron chi connectivity index (χ1n) is 5.41. The molecule has 0 saturated carbocycles. The highest BCUT2D eigenvalue weighted by Crippen LogP contribution is 2.12. The van der Waals surface area contributed by atoms with E-state index in [0.29, 0.717) is 5.92 Å². The first-order chi connectivity index (χ1) is 7.19. The summed E-state index contributed by atoms with van der Waals surface area (Å²) >= 11 is 3.51. The van der Waals surface area contributed by atoms with Crippen molar-refractivity contribution >= 4 is 15.9 Å². The standard InChI is InChI=1S/C12H18BrNO/c1-3-5-11(8-13)9-14-10(2)6-4-7-12(14)15/h4,6-7,11H,3,5,8-9H2,1-2H3. The molecule has 1 aromatic rings. The number of alkyl halides is 1. The highest BCUT2D eigenvalue weighted by molar-refractivity contribution is 9.09. The highest BCUT2D eigenvalue weighted by Gasteiger charge is 2.09. The summed E-state index contributed by atoms with van der Waals surface area (Å²) in [6, 6.07) is 5.43. The lowest BCUT2D eigenvalue weighted by molar-refractivity contribution is 0.442. The minimum absolute atomic E-state index is 0.108. The average Bonchev–Trinajstić information content (AvgIpc) is 2.22. The largest absolute Gasteiger partial charge is 0.313 e. The number of rotatable bonds is 5. The Balaban J connectivity index is 2.83. The molecule has 0 N–H and O–H groups in total. The van der Waals surface area contributed by atoms with Crippen molar-refractivity contribution in [2.75, 3.05) is 5.33 Å². The molecule has 0 spiro atoms. The number of hydrogen-bond acceptors (Lipinski definition) is 1.